The van der Waals surface area contributed by atoms with Crippen LogP contribution < -0.4 is 10.9 Å². The molecule has 2 aromatic carbocycles. The molecule has 0 atom stereocenters. The van der Waals surface area contributed by atoms with E-state index in [1.807, 2.05) is 44.2 Å². The van der Waals surface area contributed by atoms with Crippen molar-refractivity contribution in [1.82, 2.24) is 9.55 Å². The number of carbonyl (C=O) groups is 1. The molecular weight excluding hydrogens is 290 g/mol. The van der Waals surface area contributed by atoms with Crippen LogP contribution in [0.4, 0.5) is 5.69 Å². The Morgan fingerprint density at radius 3 is 2.61 bits per heavy atom. The minimum absolute atomic E-state index is 0.105. The van der Waals surface area contributed by atoms with Crippen LogP contribution in [-0.2, 0) is 7.05 Å². The minimum atomic E-state index is -0.495. The standard InChI is InChI=1S/C18H17N3O2/c1-11-7-6-9-13(12(11)2)20-17(22)16-18(23)21(3)15-10-5-4-8-14(15)19-16/h4-10H,1-3H3,(H,20,22). The lowest BCUT2D eigenvalue weighted by Crippen LogP contribution is -2.30. The third kappa shape index (κ3) is 2.61. The number of hydrogen-bond acceptors (Lipinski definition) is 3. The van der Waals surface area contributed by atoms with E-state index in [2.05, 4.69) is 10.3 Å². The van der Waals surface area contributed by atoms with Gasteiger partial charge in [-0.3, -0.25) is 9.59 Å². The van der Waals surface area contributed by atoms with Crippen molar-refractivity contribution in [3.8, 4) is 0 Å². The van der Waals surface area contributed by atoms with Gasteiger partial charge in [-0.15, -0.1) is 0 Å². The number of para-hydroxylation sites is 2. The van der Waals surface area contributed by atoms with E-state index in [9.17, 15) is 9.59 Å². The number of benzene rings is 2. The van der Waals surface area contributed by atoms with Crippen molar-refractivity contribution in [2.45, 2.75) is 13.8 Å². The van der Waals surface area contributed by atoms with Crippen molar-refractivity contribution >= 4 is 22.6 Å². The molecule has 0 bridgehead atoms. The van der Waals surface area contributed by atoms with Gasteiger partial charge in [-0.2, -0.15) is 0 Å². The van der Waals surface area contributed by atoms with Crippen LogP contribution in [0.1, 0.15) is 21.6 Å². The summed E-state index contributed by atoms with van der Waals surface area (Å²) in [5.41, 5.74) is 3.52. The van der Waals surface area contributed by atoms with Gasteiger partial charge in [0.2, 0.25) is 0 Å². The fraction of sp³-hybridized carbons (Fsp3) is 0.167. The molecule has 1 N–H and O–H groups in total. The number of carbonyl (C=O) groups excluding carboxylic acids is 1. The average molecular weight is 307 g/mol. The molecule has 0 saturated heterocycles. The molecule has 0 radical (unpaired) electrons. The van der Waals surface area contributed by atoms with Gasteiger partial charge in [0, 0.05) is 12.7 Å². The summed E-state index contributed by atoms with van der Waals surface area (Å²) < 4.78 is 1.44. The van der Waals surface area contributed by atoms with Crippen LogP contribution in [-0.4, -0.2) is 15.5 Å². The van der Waals surface area contributed by atoms with Crippen molar-refractivity contribution in [3.05, 3.63) is 69.6 Å². The van der Waals surface area contributed by atoms with Crippen LogP contribution in [0.5, 0.6) is 0 Å². The second-order valence-electron chi connectivity index (χ2n) is 5.51. The summed E-state index contributed by atoms with van der Waals surface area (Å²) in [6, 6.07) is 12.9. The monoisotopic (exact) mass is 307 g/mol. The molecule has 23 heavy (non-hydrogen) atoms. The summed E-state index contributed by atoms with van der Waals surface area (Å²) in [6.07, 6.45) is 0. The van der Waals surface area contributed by atoms with Crippen LogP contribution in [0, 0.1) is 13.8 Å². The number of nitrogens with one attached hydrogen (secondary N) is 1. The van der Waals surface area contributed by atoms with Gasteiger partial charge < -0.3 is 9.88 Å². The summed E-state index contributed by atoms with van der Waals surface area (Å²) in [6.45, 7) is 3.90. The first kappa shape index (κ1) is 15.0. The Kier molecular flexibility index (Phi) is 3.70. The lowest BCUT2D eigenvalue weighted by Gasteiger charge is -2.11. The summed E-state index contributed by atoms with van der Waals surface area (Å²) in [7, 11) is 1.64. The summed E-state index contributed by atoms with van der Waals surface area (Å²) in [4.78, 5) is 29.2. The maximum Gasteiger partial charge on any atom is 0.282 e. The molecule has 1 aromatic heterocycles. The Hall–Kier alpha value is -2.95. The van der Waals surface area contributed by atoms with E-state index < -0.39 is 11.5 Å². The molecule has 0 aliphatic heterocycles. The molecule has 5 heteroatoms. The van der Waals surface area contributed by atoms with Gasteiger partial charge in [0.15, 0.2) is 5.69 Å². The minimum Gasteiger partial charge on any atom is -0.320 e. The highest BCUT2D eigenvalue weighted by Gasteiger charge is 2.17. The zero-order valence-electron chi connectivity index (χ0n) is 13.3. The zero-order chi connectivity index (χ0) is 16.6. The highest BCUT2D eigenvalue weighted by atomic mass is 16.2. The van der Waals surface area contributed by atoms with Gasteiger partial charge in [0.25, 0.3) is 11.5 Å². The number of rotatable bonds is 2. The summed E-state index contributed by atoms with van der Waals surface area (Å²) in [5, 5.41) is 2.79. The lowest BCUT2D eigenvalue weighted by atomic mass is 10.1. The molecule has 0 saturated carbocycles. The normalized spacial score (nSPS) is 10.7. The van der Waals surface area contributed by atoms with Crippen molar-refractivity contribution in [2.75, 3.05) is 5.32 Å². The zero-order valence-corrected chi connectivity index (χ0v) is 13.3. The Bertz CT molecular complexity index is 974. The third-order valence-electron chi connectivity index (χ3n) is 4.05. The van der Waals surface area contributed by atoms with Crippen LogP contribution in [0.3, 0.4) is 0 Å². The predicted octanol–water partition coefficient (Wildman–Crippen LogP) is 2.80. The number of nitrogens with zero attached hydrogens (tertiary/aromatic N) is 2. The van der Waals surface area contributed by atoms with Crippen molar-refractivity contribution in [1.29, 1.82) is 0 Å². The number of aryl methyl sites for hydroxylation is 2. The molecule has 0 spiro atoms. The Labute approximate surface area is 133 Å². The fourth-order valence-electron chi connectivity index (χ4n) is 2.49. The number of fused-ring (bicyclic) bond motifs is 1. The first-order valence-corrected chi connectivity index (χ1v) is 7.32. The molecule has 0 aliphatic rings. The van der Waals surface area contributed by atoms with Crippen LogP contribution in [0.15, 0.2) is 47.3 Å². The predicted molar refractivity (Wildman–Crippen MR) is 90.9 cm³/mol. The molecule has 0 unspecified atom stereocenters. The summed E-state index contributed by atoms with van der Waals surface area (Å²) >= 11 is 0. The molecule has 0 fully saturated rings. The van der Waals surface area contributed by atoms with E-state index in [4.69, 9.17) is 0 Å². The van der Waals surface area contributed by atoms with Crippen LogP contribution in [0.25, 0.3) is 11.0 Å². The van der Waals surface area contributed by atoms with E-state index >= 15 is 0 Å². The van der Waals surface area contributed by atoms with E-state index in [1.54, 1.807) is 19.2 Å². The molecule has 116 valence electrons. The topological polar surface area (TPSA) is 64.0 Å². The second kappa shape index (κ2) is 5.68. The van der Waals surface area contributed by atoms with Gasteiger partial charge in [-0.25, -0.2) is 4.98 Å². The van der Waals surface area contributed by atoms with E-state index in [-0.39, 0.29) is 5.69 Å². The average Bonchev–Trinajstić information content (AvgIpc) is 2.55. The van der Waals surface area contributed by atoms with Gasteiger partial charge in [0.1, 0.15) is 0 Å². The number of aromatic nitrogens is 2. The van der Waals surface area contributed by atoms with Gasteiger partial charge >= 0.3 is 0 Å². The molecule has 1 amide bonds. The van der Waals surface area contributed by atoms with E-state index in [0.29, 0.717) is 16.7 Å². The molecule has 0 aliphatic carbocycles. The highest BCUT2D eigenvalue weighted by Crippen LogP contribution is 2.18. The SMILES string of the molecule is Cc1cccc(NC(=O)c2nc3ccccc3n(C)c2=O)c1C. The highest BCUT2D eigenvalue weighted by molar-refractivity contribution is 6.04. The Morgan fingerprint density at radius 2 is 1.83 bits per heavy atom. The molecule has 5 nitrogen and oxygen atoms in total. The van der Waals surface area contributed by atoms with E-state index in [0.717, 1.165) is 11.1 Å². The molecule has 1 heterocycles. The first-order chi connectivity index (χ1) is 11.0. The van der Waals surface area contributed by atoms with Crippen molar-refractivity contribution < 1.29 is 4.79 Å². The van der Waals surface area contributed by atoms with Crippen molar-refractivity contribution in [3.63, 3.8) is 0 Å². The Morgan fingerprint density at radius 1 is 1.09 bits per heavy atom. The fourth-order valence-corrected chi connectivity index (χ4v) is 2.49. The largest absolute Gasteiger partial charge is 0.320 e. The summed E-state index contributed by atoms with van der Waals surface area (Å²) in [5.74, 6) is -0.495. The smallest absolute Gasteiger partial charge is 0.282 e. The van der Waals surface area contributed by atoms with Gasteiger partial charge in [-0.05, 0) is 43.2 Å². The van der Waals surface area contributed by atoms with Gasteiger partial charge in [-0.1, -0.05) is 24.3 Å². The first-order valence-electron chi connectivity index (χ1n) is 7.32. The maximum absolute atomic E-state index is 12.5. The quantitative estimate of drug-likeness (QED) is 0.792. The van der Waals surface area contributed by atoms with E-state index in [1.165, 1.54) is 4.57 Å². The van der Waals surface area contributed by atoms with Gasteiger partial charge in [0.05, 0.1) is 11.0 Å². The van der Waals surface area contributed by atoms with Crippen molar-refractivity contribution in [2.24, 2.45) is 7.05 Å². The molecule has 3 rings (SSSR count). The third-order valence-corrected chi connectivity index (χ3v) is 4.05. The number of amides is 1. The Balaban J connectivity index is 2.06. The molecular formula is C18H17N3O2. The number of anilines is 1. The lowest BCUT2D eigenvalue weighted by molar-refractivity contribution is 0.102. The number of hydrogen-bond donors (Lipinski definition) is 1. The molecule has 3 aromatic rings. The second-order valence-corrected chi connectivity index (χ2v) is 5.51. The van der Waals surface area contributed by atoms with Crippen LogP contribution in [0.2, 0.25) is 0 Å². The van der Waals surface area contributed by atoms with Crippen LogP contribution >= 0.6 is 0 Å². The maximum atomic E-state index is 12.5.